The highest BCUT2D eigenvalue weighted by Crippen LogP contribution is 2.37. The number of urea groups is 1. The van der Waals surface area contributed by atoms with Gasteiger partial charge in [-0.15, -0.1) is 0 Å². The molecule has 1 aromatic carbocycles. The van der Waals surface area contributed by atoms with Crippen LogP contribution in [0.3, 0.4) is 0 Å². The van der Waals surface area contributed by atoms with Crippen LogP contribution in [-0.2, 0) is 9.53 Å². The second-order valence-electron chi connectivity index (χ2n) is 8.78. The number of ether oxygens (including phenoxy) is 1. The summed E-state index contributed by atoms with van der Waals surface area (Å²) < 4.78 is 19.1. The van der Waals surface area contributed by atoms with E-state index in [0.717, 1.165) is 19.3 Å². The molecule has 0 unspecified atom stereocenters. The molecule has 0 aromatic heterocycles. The number of nitrogens with zero attached hydrogens (tertiary/aromatic N) is 2. The zero-order chi connectivity index (χ0) is 22.0. The molecule has 0 spiro atoms. The Balaban J connectivity index is 1.45. The molecule has 31 heavy (non-hydrogen) atoms. The van der Waals surface area contributed by atoms with Gasteiger partial charge >= 0.3 is 6.03 Å². The van der Waals surface area contributed by atoms with Crippen LogP contribution in [0.1, 0.15) is 55.8 Å². The number of rotatable bonds is 6. The molecule has 0 bridgehead atoms. The molecular weight excluding hydrogens is 401 g/mol. The molecule has 0 aliphatic carbocycles. The van der Waals surface area contributed by atoms with E-state index in [1.54, 1.807) is 11.0 Å². The summed E-state index contributed by atoms with van der Waals surface area (Å²) >= 11 is 0. The van der Waals surface area contributed by atoms with Crippen molar-refractivity contribution in [3.8, 4) is 0 Å². The monoisotopic (exact) mass is 431 g/mol. The Labute approximate surface area is 181 Å². The summed E-state index contributed by atoms with van der Waals surface area (Å²) in [5.41, 5.74) is -0.590. The van der Waals surface area contributed by atoms with Gasteiger partial charge in [-0.25, -0.2) is 9.18 Å². The van der Waals surface area contributed by atoms with Crippen LogP contribution < -0.4 is 5.32 Å². The van der Waals surface area contributed by atoms with Gasteiger partial charge in [0.1, 0.15) is 11.4 Å². The standard InChI is InChI=1S/C23H30FN3O4/c1-2-10-23(21(29)27(22(30)25-23)15-19-7-4-13-31-19)17-8-11-26(12-9-17)20(28)16-5-3-6-18(24)14-16/h3,5-6,14,17,19H,2,4,7-13,15H2,1H3,(H,25,30)/t19-,23-/m1/s1. The number of carbonyl (C=O) groups excluding carboxylic acids is 3. The molecule has 4 rings (SSSR count). The molecule has 3 saturated heterocycles. The van der Waals surface area contributed by atoms with Gasteiger partial charge < -0.3 is 15.0 Å². The first-order chi connectivity index (χ1) is 14.9. The maximum atomic E-state index is 13.5. The van der Waals surface area contributed by atoms with E-state index < -0.39 is 11.4 Å². The quantitative estimate of drug-likeness (QED) is 0.703. The molecule has 8 heteroatoms. The SMILES string of the molecule is CCC[C@]1(C2CCN(C(=O)c3cccc(F)c3)CC2)NC(=O)N(C[C@H]2CCCO2)C1=O. The fourth-order valence-electron chi connectivity index (χ4n) is 5.23. The van der Waals surface area contributed by atoms with Gasteiger partial charge in [-0.1, -0.05) is 19.4 Å². The number of amides is 4. The van der Waals surface area contributed by atoms with Crippen molar-refractivity contribution in [3.05, 3.63) is 35.6 Å². The lowest BCUT2D eigenvalue weighted by atomic mass is 9.74. The van der Waals surface area contributed by atoms with Crippen molar-refractivity contribution in [1.29, 1.82) is 0 Å². The predicted octanol–water partition coefficient (Wildman–Crippen LogP) is 2.95. The van der Waals surface area contributed by atoms with E-state index in [0.29, 0.717) is 51.1 Å². The second-order valence-corrected chi connectivity index (χ2v) is 8.78. The molecule has 3 aliphatic heterocycles. The number of benzene rings is 1. The number of hydrogen-bond acceptors (Lipinski definition) is 4. The van der Waals surface area contributed by atoms with Gasteiger partial charge in [-0.2, -0.15) is 0 Å². The molecular formula is C23H30FN3O4. The number of piperidine rings is 1. The van der Waals surface area contributed by atoms with Crippen LogP contribution in [-0.4, -0.2) is 65.5 Å². The summed E-state index contributed by atoms with van der Waals surface area (Å²) in [5.74, 6) is -0.850. The number of halogens is 1. The van der Waals surface area contributed by atoms with Crippen LogP contribution in [0.25, 0.3) is 0 Å². The van der Waals surface area contributed by atoms with Gasteiger partial charge in [-0.05, 0) is 56.2 Å². The molecule has 3 aliphatic rings. The fraction of sp³-hybridized carbons (Fsp3) is 0.609. The van der Waals surface area contributed by atoms with E-state index in [1.807, 2.05) is 6.92 Å². The molecule has 7 nitrogen and oxygen atoms in total. The number of nitrogens with one attached hydrogen (secondary N) is 1. The first-order valence-corrected chi connectivity index (χ1v) is 11.2. The smallest absolute Gasteiger partial charge is 0.325 e. The van der Waals surface area contributed by atoms with E-state index >= 15 is 0 Å². The first-order valence-electron chi connectivity index (χ1n) is 11.2. The van der Waals surface area contributed by atoms with E-state index in [2.05, 4.69) is 5.32 Å². The van der Waals surface area contributed by atoms with Crippen LogP contribution in [0.2, 0.25) is 0 Å². The largest absolute Gasteiger partial charge is 0.376 e. The number of carbonyl (C=O) groups is 3. The summed E-state index contributed by atoms with van der Waals surface area (Å²) in [7, 11) is 0. The van der Waals surface area contributed by atoms with Crippen LogP contribution in [0.4, 0.5) is 9.18 Å². The van der Waals surface area contributed by atoms with Crippen LogP contribution in [0.5, 0.6) is 0 Å². The normalized spacial score (nSPS) is 27.1. The van der Waals surface area contributed by atoms with Crippen molar-refractivity contribution >= 4 is 17.8 Å². The summed E-state index contributed by atoms with van der Waals surface area (Å²) in [6.07, 6.45) is 4.29. The van der Waals surface area contributed by atoms with Crippen molar-refractivity contribution in [2.75, 3.05) is 26.2 Å². The molecule has 3 heterocycles. The molecule has 0 radical (unpaired) electrons. The van der Waals surface area contributed by atoms with Crippen molar-refractivity contribution in [3.63, 3.8) is 0 Å². The van der Waals surface area contributed by atoms with Crippen LogP contribution >= 0.6 is 0 Å². The lowest BCUT2D eigenvalue weighted by molar-refractivity contribution is -0.135. The van der Waals surface area contributed by atoms with Gasteiger partial charge in [0, 0.05) is 25.3 Å². The Kier molecular flexibility index (Phi) is 6.27. The first kappa shape index (κ1) is 21.7. The summed E-state index contributed by atoms with van der Waals surface area (Å²) in [4.78, 5) is 42.0. The third-order valence-electron chi connectivity index (χ3n) is 6.81. The summed E-state index contributed by atoms with van der Waals surface area (Å²) in [5, 5.41) is 3.02. The van der Waals surface area contributed by atoms with E-state index in [4.69, 9.17) is 4.74 Å². The minimum absolute atomic E-state index is 0.0463. The Morgan fingerprint density at radius 1 is 1.26 bits per heavy atom. The van der Waals surface area contributed by atoms with Gasteiger partial charge in [0.15, 0.2) is 0 Å². The van der Waals surface area contributed by atoms with Crippen LogP contribution in [0.15, 0.2) is 24.3 Å². The topological polar surface area (TPSA) is 79.0 Å². The molecule has 0 saturated carbocycles. The fourth-order valence-corrected chi connectivity index (χ4v) is 5.23. The zero-order valence-corrected chi connectivity index (χ0v) is 17.9. The van der Waals surface area contributed by atoms with Gasteiger partial charge in [-0.3, -0.25) is 14.5 Å². The van der Waals surface area contributed by atoms with E-state index in [1.165, 1.54) is 23.1 Å². The molecule has 4 amide bonds. The van der Waals surface area contributed by atoms with Crippen molar-refractivity contribution in [1.82, 2.24) is 15.1 Å². The highest BCUT2D eigenvalue weighted by Gasteiger charge is 2.55. The number of likely N-dealkylation sites (tertiary alicyclic amines) is 1. The summed E-state index contributed by atoms with van der Waals surface area (Å²) in [6.45, 7) is 3.92. The van der Waals surface area contributed by atoms with Gasteiger partial charge in [0.2, 0.25) is 0 Å². The lowest BCUT2D eigenvalue weighted by Crippen LogP contribution is -2.56. The molecule has 1 N–H and O–H groups in total. The second kappa shape index (κ2) is 8.94. The average Bonchev–Trinajstić information content (AvgIpc) is 3.37. The highest BCUT2D eigenvalue weighted by atomic mass is 19.1. The minimum Gasteiger partial charge on any atom is -0.376 e. The molecule has 2 atom stereocenters. The minimum atomic E-state index is -0.918. The zero-order valence-electron chi connectivity index (χ0n) is 17.9. The van der Waals surface area contributed by atoms with E-state index in [-0.39, 0.29) is 29.9 Å². The maximum absolute atomic E-state index is 13.5. The Hall–Kier alpha value is -2.48. The highest BCUT2D eigenvalue weighted by molar-refractivity contribution is 6.07. The maximum Gasteiger partial charge on any atom is 0.325 e. The average molecular weight is 432 g/mol. The molecule has 3 fully saturated rings. The third-order valence-corrected chi connectivity index (χ3v) is 6.81. The molecule has 1 aromatic rings. The Morgan fingerprint density at radius 3 is 2.68 bits per heavy atom. The Bertz CT molecular complexity index is 849. The van der Waals surface area contributed by atoms with E-state index in [9.17, 15) is 18.8 Å². The lowest BCUT2D eigenvalue weighted by Gasteiger charge is -2.41. The predicted molar refractivity (Wildman–Crippen MR) is 112 cm³/mol. The third kappa shape index (κ3) is 4.18. The number of hydrogen-bond donors (Lipinski definition) is 1. The van der Waals surface area contributed by atoms with Gasteiger partial charge in [0.25, 0.3) is 11.8 Å². The summed E-state index contributed by atoms with van der Waals surface area (Å²) in [6, 6.07) is 5.36. The van der Waals surface area contributed by atoms with Crippen LogP contribution in [0, 0.1) is 11.7 Å². The Morgan fingerprint density at radius 2 is 2.03 bits per heavy atom. The van der Waals surface area contributed by atoms with Crippen molar-refractivity contribution in [2.24, 2.45) is 5.92 Å². The number of imide groups is 1. The van der Waals surface area contributed by atoms with Crippen molar-refractivity contribution in [2.45, 2.75) is 57.1 Å². The van der Waals surface area contributed by atoms with Crippen molar-refractivity contribution < 1.29 is 23.5 Å². The molecule has 168 valence electrons. The van der Waals surface area contributed by atoms with Gasteiger partial charge in [0.05, 0.1) is 12.6 Å².